The Balaban J connectivity index is 2.77. The van der Waals surface area contributed by atoms with Crippen molar-refractivity contribution in [2.75, 3.05) is 20.3 Å². The van der Waals surface area contributed by atoms with Crippen LogP contribution in [0.1, 0.15) is 13.8 Å². The van der Waals surface area contributed by atoms with E-state index < -0.39 is 12.0 Å². The number of rotatable bonds is 4. The van der Waals surface area contributed by atoms with Crippen LogP contribution in [0.4, 0.5) is 0 Å². The van der Waals surface area contributed by atoms with Crippen LogP contribution in [0.2, 0.25) is 0 Å². The van der Waals surface area contributed by atoms with Crippen molar-refractivity contribution in [2.24, 2.45) is 0 Å². The van der Waals surface area contributed by atoms with E-state index in [1.54, 1.807) is 44.0 Å². The summed E-state index contributed by atoms with van der Waals surface area (Å²) in [6.07, 6.45) is 4.96. The van der Waals surface area contributed by atoms with Gasteiger partial charge in [0.1, 0.15) is 11.7 Å². The highest BCUT2D eigenvalue weighted by molar-refractivity contribution is 5.90. The van der Waals surface area contributed by atoms with Crippen molar-refractivity contribution in [1.82, 2.24) is 4.90 Å². The zero-order valence-corrected chi connectivity index (χ0v) is 10.3. The maximum Gasteiger partial charge on any atom is 0.354 e. The van der Waals surface area contributed by atoms with Crippen LogP contribution in [0.3, 0.4) is 0 Å². The van der Waals surface area contributed by atoms with Gasteiger partial charge in [0.05, 0.1) is 13.2 Å². The van der Waals surface area contributed by atoms with Crippen molar-refractivity contribution in [3.63, 3.8) is 0 Å². The number of nitrogens with zero attached hydrogens (tertiary/aromatic N) is 1. The molecule has 1 rings (SSSR count). The molecule has 0 amide bonds. The summed E-state index contributed by atoms with van der Waals surface area (Å²) >= 11 is 0. The molecule has 1 unspecified atom stereocenters. The third-order valence-electron chi connectivity index (χ3n) is 2.36. The monoisotopic (exact) mass is 239 g/mol. The Bertz CT molecular complexity index is 360. The molecule has 17 heavy (non-hydrogen) atoms. The van der Waals surface area contributed by atoms with E-state index in [4.69, 9.17) is 9.47 Å². The lowest BCUT2D eigenvalue weighted by Crippen LogP contribution is -2.41. The number of carbonyl (C=O) groups excluding carboxylic acids is 2. The number of hydrogen-bond donors (Lipinski definition) is 0. The number of carbonyl (C=O) groups is 2. The molecule has 5 heteroatoms. The lowest BCUT2D eigenvalue weighted by molar-refractivity contribution is -0.147. The Hall–Kier alpha value is -1.78. The van der Waals surface area contributed by atoms with Gasteiger partial charge in [0.15, 0.2) is 0 Å². The number of allylic oxidation sites excluding steroid dienone is 2. The van der Waals surface area contributed by atoms with Crippen LogP contribution in [-0.4, -0.2) is 43.1 Å². The Labute approximate surface area is 101 Å². The van der Waals surface area contributed by atoms with Gasteiger partial charge in [-0.2, -0.15) is 0 Å². The summed E-state index contributed by atoms with van der Waals surface area (Å²) in [5.41, 5.74) is 0.354. The van der Waals surface area contributed by atoms with E-state index >= 15 is 0 Å². The van der Waals surface area contributed by atoms with E-state index in [1.807, 2.05) is 0 Å². The van der Waals surface area contributed by atoms with Crippen molar-refractivity contribution in [3.05, 3.63) is 23.9 Å². The lowest BCUT2D eigenvalue weighted by atomic mass is 10.1. The third-order valence-corrected chi connectivity index (χ3v) is 2.36. The minimum atomic E-state index is -0.570. The molecule has 1 heterocycles. The fraction of sp³-hybridized carbons (Fsp3) is 0.500. The van der Waals surface area contributed by atoms with Crippen LogP contribution in [-0.2, 0) is 19.1 Å². The fourth-order valence-corrected chi connectivity index (χ4v) is 1.53. The molecule has 1 atom stereocenters. The second-order valence-corrected chi connectivity index (χ2v) is 3.47. The average Bonchev–Trinajstić information content (AvgIpc) is 2.29. The molecular formula is C12H17NO4. The van der Waals surface area contributed by atoms with Crippen molar-refractivity contribution in [1.29, 1.82) is 0 Å². The summed E-state index contributed by atoms with van der Waals surface area (Å²) < 4.78 is 9.83. The van der Waals surface area contributed by atoms with E-state index in [1.165, 1.54) is 0 Å². The third kappa shape index (κ3) is 3.09. The highest BCUT2D eigenvalue weighted by atomic mass is 16.5. The molecule has 0 saturated carbocycles. The molecular weight excluding hydrogens is 222 g/mol. The molecule has 1 aliphatic rings. The van der Waals surface area contributed by atoms with Crippen LogP contribution in [0, 0.1) is 0 Å². The van der Waals surface area contributed by atoms with E-state index in [0.717, 1.165) is 0 Å². The van der Waals surface area contributed by atoms with E-state index in [9.17, 15) is 9.59 Å². The minimum Gasteiger partial charge on any atom is -0.464 e. The predicted molar refractivity (Wildman–Crippen MR) is 62.0 cm³/mol. The second-order valence-electron chi connectivity index (χ2n) is 3.47. The Morgan fingerprint density at radius 1 is 1.29 bits per heavy atom. The van der Waals surface area contributed by atoms with Gasteiger partial charge in [-0.1, -0.05) is 12.2 Å². The van der Waals surface area contributed by atoms with E-state index in [2.05, 4.69) is 0 Å². The highest BCUT2D eigenvalue weighted by Crippen LogP contribution is 2.16. The molecule has 0 aromatic carbocycles. The zero-order valence-electron chi connectivity index (χ0n) is 10.3. The first-order valence-electron chi connectivity index (χ1n) is 5.56. The van der Waals surface area contributed by atoms with Crippen LogP contribution < -0.4 is 0 Å². The summed E-state index contributed by atoms with van der Waals surface area (Å²) in [7, 11) is 1.66. The quantitative estimate of drug-likeness (QED) is 0.681. The molecule has 0 aromatic heterocycles. The molecule has 94 valence electrons. The van der Waals surface area contributed by atoms with Gasteiger partial charge in [-0.05, 0) is 19.9 Å². The molecule has 0 fully saturated rings. The van der Waals surface area contributed by atoms with Gasteiger partial charge in [0.2, 0.25) is 0 Å². The number of esters is 2. The Morgan fingerprint density at radius 3 is 2.53 bits per heavy atom. The van der Waals surface area contributed by atoms with Crippen molar-refractivity contribution < 1.29 is 19.1 Å². The molecule has 0 bridgehead atoms. The number of likely N-dealkylation sites (N-methyl/N-ethyl adjacent to an activating group) is 1. The van der Waals surface area contributed by atoms with Gasteiger partial charge in [-0.3, -0.25) is 0 Å². The van der Waals surface area contributed by atoms with Gasteiger partial charge >= 0.3 is 11.9 Å². The molecule has 0 radical (unpaired) electrons. The first kappa shape index (κ1) is 13.3. The average molecular weight is 239 g/mol. The summed E-state index contributed by atoms with van der Waals surface area (Å²) in [5, 5.41) is 0. The molecule has 0 spiro atoms. The molecule has 0 N–H and O–H groups in total. The van der Waals surface area contributed by atoms with E-state index in [0.29, 0.717) is 18.9 Å². The van der Waals surface area contributed by atoms with Crippen molar-refractivity contribution in [3.8, 4) is 0 Å². The summed E-state index contributed by atoms with van der Waals surface area (Å²) in [4.78, 5) is 24.8. The molecule has 0 aromatic rings. The molecule has 1 aliphatic heterocycles. The normalized spacial score (nSPS) is 18.6. The van der Waals surface area contributed by atoms with Crippen LogP contribution in [0.25, 0.3) is 0 Å². The predicted octanol–water partition coefficient (Wildman–Crippen LogP) is 0.867. The summed E-state index contributed by atoms with van der Waals surface area (Å²) in [6, 6.07) is -0.570. The Kier molecular flexibility index (Phi) is 4.75. The van der Waals surface area contributed by atoms with Gasteiger partial charge in [-0.25, -0.2) is 9.59 Å². The van der Waals surface area contributed by atoms with Gasteiger partial charge in [-0.15, -0.1) is 0 Å². The topological polar surface area (TPSA) is 55.8 Å². The minimum absolute atomic E-state index is 0.303. The molecule has 0 aliphatic carbocycles. The largest absolute Gasteiger partial charge is 0.464 e. The smallest absolute Gasteiger partial charge is 0.354 e. The SMILES string of the molecule is CCOC(=O)C1=CC=CC(C(=O)OCC)N1C. The number of ether oxygens (including phenoxy) is 2. The number of hydrogen-bond acceptors (Lipinski definition) is 5. The van der Waals surface area contributed by atoms with Gasteiger partial charge in [0.25, 0.3) is 0 Å². The standard InChI is InChI=1S/C12H17NO4/c1-4-16-11(14)9-7-6-8-10(13(9)3)12(15)17-5-2/h6-9H,4-5H2,1-3H3. The van der Waals surface area contributed by atoms with Crippen LogP contribution in [0.5, 0.6) is 0 Å². The maximum absolute atomic E-state index is 11.6. The van der Waals surface area contributed by atoms with E-state index in [-0.39, 0.29) is 5.97 Å². The summed E-state index contributed by atoms with van der Waals surface area (Å²) in [6.45, 7) is 4.10. The van der Waals surface area contributed by atoms with Crippen molar-refractivity contribution >= 4 is 11.9 Å². The lowest BCUT2D eigenvalue weighted by Gasteiger charge is -2.29. The maximum atomic E-state index is 11.6. The van der Waals surface area contributed by atoms with Gasteiger partial charge < -0.3 is 14.4 Å². The zero-order chi connectivity index (χ0) is 12.8. The summed E-state index contributed by atoms with van der Waals surface area (Å²) in [5.74, 6) is -0.810. The van der Waals surface area contributed by atoms with Gasteiger partial charge in [0, 0.05) is 7.05 Å². The molecule has 0 saturated heterocycles. The first-order chi connectivity index (χ1) is 8.11. The highest BCUT2D eigenvalue weighted by Gasteiger charge is 2.29. The second kappa shape index (κ2) is 6.08. The van der Waals surface area contributed by atoms with Crippen LogP contribution in [0.15, 0.2) is 23.9 Å². The van der Waals surface area contributed by atoms with Crippen LogP contribution >= 0.6 is 0 Å². The molecule has 5 nitrogen and oxygen atoms in total. The first-order valence-corrected chi connectivity index (χ1v) is 5.56. The Morgan fingerprint density at radius 2 is 1.94 bits per heavy atom. The van der Waals surface area contributed by atoms with Crippen molar-refractivity contribution in [2.45, 2.75) is 19.9 Å². The fourth-order valence-electron chi connectivity index (χ4n) is 1.53.